The fourth-order valence-electron chi connectivity index (χ4n) is 5.95. The summed E-state index contributed by atoms with van der Waals surface area (Å²) in [6.07, 6.45) is 13.2. The molecule has 3 heterocycles. The molecule has 0 aromatic heterocycles. The zero-order valence-corrected chi connectivity index (χ0v) is 17.1. The lowest BCUT2D eigenvalue weighted by Gasteiger charge is -2.60. The first-order chi connectivity index (χ1) is 13.4. The third kappa shape index (κ3) is 3.06. The fraction of sp³-hybridized carbons (Fsp3) is 0.783. The van der Waals surface area contributed by atoms with Crippen LogP contribution in [0, 0.1) is 11.8 Å². The first-order valence-electron chi connectivity index (χ1n) is 11.1. The van der Waals surface area contributed by atoms with E-state index in [9.17, 15) is 15.0 Å². The number of ether oxygens (including phenoxy) is 2. The number of aliphatic hydroxyl groups is 2. The van der Waals surface area contributed by atoms with Crippen molar-refractivity contribution >= 4 is 5.97 Å². The van der Waals surface area contributed by atoms with Crippen molar-refractivity contribution in [3.05, 3.63) is 23.8 Å². The highest BCUT2D eigenvalue weighted by molar-refractivity contribution is 5.85. The molecule has 4 fully saturated rings. The van der Waals surface area contributed by atoms with Gasteiger partial charge in [0.15, 0.2) is 5.60 Å². The van der Waals surface area contributed by atoms with Gasteiger partial charge < -0.3 is 19.7 Å². The van der Waals surface area contributed by atoms with Gasteiger partial charge in [0, 0.05) is 24.7 Å². The Labute approximate surface area is 167 Å². The molecule has 2 spiro atoms. The quantitative estimate of drug-likeness (QED) is 0.396. The first-order valence-corrected chi connectivity index (χ1v) is 11.1. The van der Waals surface area contributed by atoms with Gasteiger partial charge >= 0.3 is 5.97 Å². The Bertz CT molecular complexity index is 670. The van der Waals surface area contributed by atoms with Crippen LogP contribution in [-0.4, -0.2) is 45.7 Å². The molecule has 3 aliphatic heterocycles. The van der Waals surface area contributed by atoms with Crippen LogP contribution in [0.3, 0.4) is 0 Å². The molecule has 0 aromatic rings. The molecule has 0 amide bonds. The summed E-state index contributed by atoms with van der Waals surface area (Å²) >= 11 is 0. The zero-order chi connectivity index (χ0) is 19.9. The topological polar surface area (TPSA) is 76.0 Å². The summed E-state index contributed by atoms with van der Waals surface area (Å²) in [6.45, 7) is 4.25. The summed E-state index contributed by atoms with van der Waals surface area (Å²) in [7, 11) is 0. The summed E-state index contributed by atoms with van der Waals surface area (Å²) in [5, 5.41) is 21.1. The van der Waals surface area contributed by atoms with Crippen LogP contribution in [0.25, 0.3) is 0 Å². The summed E-state index contributed by atoms with van der Waals surface area (Å²) in [4.78, 5) is 13.0. The number of fused-ring (bicyclic) bond motifs is 2. The average molecular weight is 391 g/mol. The molecular weight excluding hydrogens is 356 g/mol. The fourth-order valence-corrected chi connectivity index (χ4v) is 5.95. The van der Waals surface area contributed by atoms with Gasteiger partial charge in [-0.3, -0.25) is 0 Å². The number of aliphatic hydroxyl groups excluding tert-OH is 2. The van der Waals surface area contributed by atoms with E-state index < -0.39 is 29.4 Å². The van der Waals surface area contributed by atoms with Crippen molar-refractivity contribution in [1.29, 1.82) is 0 Å². The highest BCUT2D eigenvalue weighted by Crippen LogP contribution is 2.61. The molecule has 5 rings (SSSR count). The normalized spacial score (nSPS) is 44.4. The van der Waals surface area contributed by atoms with E-state index in [0.717, 1.165) is 18.4 Å². The van der Waals surface area contributed by atoms with Gasteiger partial charge in [-0.1, -0.05) is 50.8 Å². The SMILES string of the molecule is CCCCCCC/C=C/[C@H]1OC23C(=O)OC4(C[C@H](O)C[C@@H]4[C@H]2C=C1C)C[C@H]3O. The Morgan fingerprint density at radius 2 is 2.00 bits per heavy atom. The maximum absolute atomic E-state index is 13.0. The molecule has 0 aromatic carbocycles. The van der Waals surface area contributed by atoms with Crippen LogP contribution in [0.5, 0.6) is 0 Å². The van der Waals surface area contributed by atoms with Crippen molar-refractivity contribution in [3.63, 3.8) is 0 Å². The van der Waals surface area contributed by atoms with E-state index in [1.807, 2.05) is 13.0 Å². The summed E-state index contributed by atoms with van der Waals surface area (Å²) in [5.74, 6) is -0.668. The molecule has 2 unspecified atom stereocenters. The van der Waals surface area contributed by atoms with Gasteiger partial charge in [-0.2, -0.15) is 0 Å². The van der Waals surface area contributed by atoms with E-state index in [1.165, 1.54) is 25.7 Å². The Hall–Kier alpha value is -1.17. The Morgan fingerprint density at radius 3 is 2.75 bits per heavy atom. The number of carbonyl (C=O) groups is 1. The molecule has 5 aliphatic rings. The molecule has 0 radical (unpaired) electrons. The van der Waals surface area contributed by atoms with Crippen molar-refractivity contribution in [2.75, 3.05) is 0 Å². The second kappa shape index (κ2) is 7.58. The third-order valence-corrected chi connectivity index (χ3v) is 7.36. The van der Waals surface area contributed by atoms with Gasteiger partial charge in [-0.15, -0.1) is 0 Å². The molecule has 156 valence electrons. The zero-order valence-electron chi connectivity index (χ0n) is 17.1. The minimum absolute atomic E-state index is 0.0158. The van der Waals surface area contributed by atoms with E-state index in [4.69, 9.17) is 9.47 Å². The molecule has 28 heavy (non-hydrogen) atoms. The Balaban J connectivity index is 1.51. The molecule has 2 saturated carbocycles. The van der Waals surface area contributed by atoms with Crippen LogP contribution in [0.15, 0.2) is 23.8 Å². The van der Waals surface area contributed by atoms with Crippen molar-refractivity contribution in [3.8, 4) is 0 Å². The van der Waals surface area contributed by atoms with Gasteiger partial charge in [0.25, 0.3) is 0 Å². The molecule has 5 heteroatoms. The smallest absolute Gasteiger partial charge is 0.342 e. The van der Waals surface area contributed by atoms with Crippen LogP contribution in [0.2, 0.25) is 0 Å². The molecular formula is C23H34O5. The lowest BCUT2D eigenvalue weighted by molar-refractivity contribution is -0.290. The lowest BCUT2D eigenvalue weighted by atomic mass is 9.57. The minimum atomic E-state index is -1.33. The number of allylic oxidation sites excluding steroid dienone is 1. The van der Waals surface area contributed by atoms with E-state index >= 15 is 0 Å². The molecule has 7 atom stereocenters. The molecule has 2 bridgehead atoms. The van der Waals surface area contributed by atoms with Gasteiger partial charge in [0.2, 0.25) is 0 Å². The first kappa shape index (κ1) is 20.1. The number of carbonyl (C=O) groups excluding carboxylic acids is 1. The van der Waals surface area contributed by atoms with E-state index in [2.05, 4.69) is 19.1 Å². The largest absolute Gasteiger partial charge is 0.456 e. The van der Waals surface area contributed by atoms with Crippen LogP contribution in [0.4, 0.5) is 0 Å². The van der Waals surface area contributed by atoms with Crippen LogP contribution >= 0.6 is 0 Å². The minimum Gasteiger partial charge on any atom is -0.456 e. The van der Waals surface area contributed by atoms with E-state index in [-0.39, 0.29) is 17.9 Å². The predicted octanol–water partition coefficient (Wildman–Crippen LogP) is 3.43. The Kier molecular flexibility index (Phi) is 5.45. The number of unbranched alkanes of at least 4 members (excludes halogenated alkanes) is 5. The van der Waals surface area contributed by atoms with Crippen molar-refractivity contribution in [2.24, 2.45) is 11.8 Å². The standard InChI is InChI=1S/C23H34O5/c1-3-4-5-6-7-8-9-10-19-15(2)11-18-17-12-16(24)13-22(17)14-20(25)23(18,27-19)21(26)28-22/h9-11,16-20,24-25H,3-8,12-14H2,1-2H3/b10-9+/t16-,17-,18-,19-,20-,22?,23?/m1/s1. The van der Waals surface area contributed by atoms with Crippen LogP contribution in [0.1, 0.15) is 71.6 Å². The highest BCUT2D eigenvalue weighted by atomic mass is 16.6. The maximum atomic E-state index is 13.0. The van der Waals surface area contributed by atoms with E-state index in [0.29, 0.717) is 19.3 Å². The number of hydrogen-bond donors (Lipinski definition) is 2. The van der Waals surface area contributed by atoms with Crippen molar-refractivity contribution < 1.29 is 24.5 Å². The highest BCUT2D eigenvalue weighted by Gasteiger charge is 2.74. The molecule has 2 aliphatic carbocycles. The maximum Gasteiger partial charge on any atom is 0.342 e. The summed E-state index contributed by atoms with van der Waals surface area (Å²) in [6, 6.07) is 0. The van der Waals surface area contributed by atoms with Gasteiger partial charge in [0.05, 0.1) is 18.3 Å². The second-order valence-corrected chi connectivity index (χ2v) is 9.27. The van der Waals surface area contributed by atoms with Crippen LogP contribution in [-0.2, 0) is 14.3 Å². The Morgan fingerprint density at radius 1 is 1.21 bits per heavy atom. The monoisotopic (exact) mass is 390 g/mol. The second-order valence-electron chi connectivity index (χ2n) is 9.27. The summed E-state index contributed by atoms with van der Waals surface area (Å²) < 4.78 is 12.2. The molecule has 2 saturated heterocycles. The number of rotatable bonds is 7. The number of hydrogen-bond acceptors (Lipinski definition) is 5. The van der Waals surface area contributed by atoms with Gasteiger partial charge in [-0.25, -0.2) is 4.79 Å². The van der Waals surface area contributed by atoms with Crippen molar-refractivity contribution in [1.82, 2.24) is 0 Å². The lowest BCUT2D eigenvalue weighted by Crippen LogP contribution is -2.75. The predicted molar refractivity (Wildman–Crippen MR) is 106 cm³/mol. The van der Waals surface area contributed by atoms with Gasteiger partial charge in [-0.05, 0) is 31.8 Å². The van der Waals surface area contributed by atoms with E-state index in [1.54, 1.807) is 0 Å². The molecule has 2 N–H and O–H groups in total. The molecule has 5 nitrogen and oxygen atoms in total. The average Bonchev–Trinajstić information content (AvgIpc) is 2.96. The van der Waals surface area contributed by atoms with Crippen LogP contribution < -0.4 is 0 Å². The summed E-state index contributed by atoms with van der Waals surface area (Å²) in [5.41, 5.74) is -0.989. The number of esters is 1. The van der Waals surface area contributed by atoms with Crippen molar-refractivity contribution in [2.45, 2.75) is 101 Å². The third-order valence-electron chi connectivity index (χ3n) is 7.36. The van der Waals surface area contributed by atoms with Gasteiger partial charge in [0.1, 0.15) is 5.60 Å².